The zero-order chi connectivity index (χ0) is 9.52. The Morgan fingerprint density at radius 3 is 2.23 bits per heavy atom. The second-order valence-corrected chi connectivity index (χ2v) is 3.71. The van der Waals surface area contributed by atoms with Crippen molar-refractivity contribution in [3.8, 4) is 0 Å². The lowest BCUT2D eigenvalue weighted by Crippen LogP contribution is -2.18. The molecule has 1 radical (unpaired) electrons. The highest BCUT2D eigenvalue weighted by atomic mass is 16.5. The summed E-state index contributed by atoms with van der Waals surface area (Å²) < 4.78 is 5.27. The summed E-state index contributed by atoms with van der Waals surface area (Å²) in [6.45, 7) is 3.52. The highest BCUT2D eigenvalue weighted by Gasteiger charge is 2.14. The summed E-state index contributed by atoms with van der Waals surface area (Å²) in [5, 5.41) is 0. The van der Waals surface area contributed by atoms with Crippen molar-refractivity contribution >= 4 is 5.97 Å². The molecule has 0 aromatic heterocycles. The van der Waals surface area contributed by atoms with E-state index in [0.717, 1.165) is 12.8 Å². The molecule has 1 rings (SSSR count). The minimum atomic E-state index is -0.148. The number of ether oxygens (including phenoxy) is 1. The summed E-state index contributed by atoms with van der Waals surface area (Å²) >= 11 is 0. The molecular formula is C11H19O2. The SMILES string of the molecule is [CH2]CC(=O)OC1CCCCCCC1. The Hall–Kier alpha value is -0.530. The van der Waals surface area contributed by atoms with Gasteiger partial charge in [-0.25, -0.2) is 0 Å². The third kappa shape index (κ3) is 4.30. The maximum atomic E-state index is 11.0. The number of carbonyl (C=O) groups is 1. The van der Waals surface area contributed by atoms with Gasteiger partial charge in [-0.05, 0) is 32.6 Å². The lowest BCUT2D eigenvalue weighted by atomic mass is 9.98. The Labute approximate surface area is 80.7 Å². The van der Waals surface area contributed by atoms with Gasteiger partial charge in [0, 0.05) is 6.42 Å². The van der Waals surface area contributed by atoms with E-state index in [1.807, 2.05) is 0 Å². The standard InChI is InChI=1S/C11H19O2/c1-2-11(12)13-10-8-6-4-3-5-7-9-10/h10H,1-9H2. The van der Waals surface area contributed by atoms with Crippen molar-refractivity contribution in [2.45, 2.75) is 57.5 Å². The van der Waals surface area contributed by atoms with Crippen LogP contribution in [0.15, 0.2) is 0 Å². The van der Waals surface area contributed by atoms with Gasteiger partial charge in [-0.1, -0.05) is 19.3 Å². The van der Waals surface area contributed by atoms with Gasteiger partial charge in [-0.3, -0.25) is 4.79 Å². The molecule has 0 aromatic carbocycles. The molecule has 13 heavy (non-hydrogen) atoms. The molecule has 0 bridgehead atoms. The minimum Gasteiger partial charge on any atom is -0.462 e. The molecule has 1 aliphatic rings. The summed E-state index contributed by atoms with van der Waals surface area (Å²) in [6, 6.07) is 0. The van der Waals surface area contributed by atoms with E-state index in [0.29, 0.717) is 0 Å². The van der Waals surface area contributed by atoms with Crippen LogP contribution in [0.1, 0.15) is 51.4 Å². The first-order chi connectivity index (χ1) is 6.33. The number of hydrogen-bond donors (Lipinski definition) is 0. The molecule has 0 heterocycles. The van der Waals surface area contributed by atoms with Crippen LogP contribution in [0.25, 0.3) is 0 Å². The minimum absolute atomic E-state index is 0.148. The Kier molecular flexibility index (Phi) is 4.87. The van der Waals surface area contributed by atoms with Gasteiger partial charge in [0.15, 0.2) is 0 Å². The van der Waals surface area contributed by atoms with Gasteiger partial charge in [0.2, 0.25) is 0 Å². The maximum absolute atomic E-state index is 11.0. The smallest absolute Gasteiger partial charge is 0.306 e. The number of esters is 1. The fourth-order valence-electron chi connectivity index (χ4n) is 1.78. The molecule has 2 nitrogen and oxygen atoms in total. The molecule has 0 unspecified atom stereocenters. The maximum Gasteiger partial charge on any atom is 0.306 e. The first kappa shape index (κ1) is 10.6. The molecule has 0 saturated heterocycles. The van der Waals surface area contributed by atoms with Crippen LogP contribution in [-0.4, -0.2) is 12.1 Å². The molecule has 0 atom stereocenters. The van der Waals surface area contributed by atoms with E-state index < -0.39 is 0 Å². The van der Waals surface area contributed by atoms with Gasteiger partial charge in [0.05, 0.1) is 0 Å². The van der Waals surface area contributed by atoms with Crippen LogP contribution in [0.3, 0.4) is 0 Å². The zero-order valence-electron chi connectivity index (χ0n) is 8.26. The van der Waals surface area contributed by atoms with Crippen LogP contribution in [0.2, 0.25) is 0 Å². The van der Waals surface area contributed by atoms with Crippen LogP contribution in [-0.2, 0) is 9.53 Å². The molecular weight excluding hydrogens is 164 g/mol. The van der Waals surface area contributed by atoms with Crippen molar-refractivity contribution in [3.63, 3.8) is 0 Å². The number of hydrogen-bond acceptors (Lipinski definition) is 2. The Morgan fingerprint density at radius 1 is 1.15 bits per heavy atom. The van der Waals surface area contributed by atoms with E-state index in [9.17, 15) is 4.79 Å². The average molecular weight is 183 g/mol. The lowest BCUT2D eigenvalue weighted by molar-refractivity contribution is -0.149. The monoisotopic (exact) mass is 183 g/mol. The summed E-state index contributed by atoms with van der Waals surface area (Å²) in [6.07, 6.45) is 8.86. The molecule has 0 amide bonds. The van der Waals surface area contributed by atoms with Crippen LogP contribution in [0.5, 0.6) is 0 Å². The fraction of sp³-hybridized carbons (Fsp3) is 0.818. The summed E-state index contributed by atoms with van der Waals surface area (Å²) in [5.41, 5.74) is 0. The van der Waals surface area contributed by atoms with Gasteiger partial charge in [0.25, 0.3) is 0 Å². The Bertz CT molecular complexity index is 146. The first-order valence-corrected chi connectivity index (χ1v) is 5.31. The van der Waals surface area contributed by atoms with Gasteiger partial charge in [-0.2, -0.15) is 0 Å². The largest absolute Gasteiger partial charge is 0.462 e. The number of rotatable bonds is 2. The van der Waals surface area contributed by atoms with E-state index in [-0.39, 0.29) is 18.5 Å². The van der Waals surface area contributed by atoms with E-state index >= 15 is 0 Å². The quantitative estimate of drug-likeness (QED) is 0.615. The topological polar surface area (TPSA) is 26.3 Å². The number of carbonyl (C=O) groups excluding carboxylic acids is 1. The molecule has 0 N–H and O–H groups in total. The van der Waals surface area contributed by atoms with Crippen molar-refractivity contribution in [2.75, 3.05) is 0 Å². The second-order valence-electron chi connectivity index (χ2n) is 3.71. The van der Waals surface area contributed by atoms with Crippen molar-refractivity contribution in [2.24, 2.45) is 0 Å². The van der Waals surface area contributed by atoms with E-state index in [1.54, 1.807) is 0 Å². The van der Waals surface area contributed by atoms with E-state index in [4.69, 9.17) is 4.74 Å². The Balaban J connectivity index is 2.25. The van der Waals surface area contributed by atoms with Crippen LogP contribution >= 0.6 is 0 Å². The van der Waals surface area contributed by atoms with Crippen LogP contribution in [0.4, 0.5) is 0 Å². The molecule has 2 heteroatoms. The third-order valence-electron chi connectivity index (χ3n) is 2.55. The van der Waals surface area contributed by atoms with Crippen molar-refractivity contribution in [3.05, 3.63) is 6.92 Å². The predicted molar refractivity (Wildman–Crippen MR) is 52.2 cm³/mol. The fourth-order valence-corrected chi connectivity index (χ4v) is 1.78. The van der Waals surface area contributed by atoms with Gasteiger partial charge in [-0.15, -0.1) is 0 Å². The summed E-state index contributed by atoms with van der Waals surface area (Å²) in [5.74, 6) is -0.148. The Morgan fingerprint density at radius 2 is 1.69 bits per heavy atom. The molecule has 0 aliphatic heterocycles. The van der Waals surface area contributed by atoms with Crippen molar-refractivity contribution in [1.82, 2.24) is 0 Å². The summed E-state index contributed by atoms with van der Waals surface area (Å²) in [7, 11) is 0. The van der Waals surface area contributed by atoms with Crippen LogP contribution < -0.4 is 0 Å². The molecule has 75 valence electrons. The normalized spacial score (nSPS) is 20.4. The zero-order valence-corrected chi connectivity index (χ0v) is 8.26. The van der Waals surface area contributed by atoms with Crippen molar-refractivity contribution < 1.29 is 9.53 Å². The molecule has 1 saturated carbocycles. The van der Waals surface area contributed by atoms with Crippen LogP contribution in [0, 0.1) is 6.92 Å². The third-order valence-corrected chi connectivity index (χ3v) is 2.55. The molecule has 0 aromatic rings. The average Bonchev–Trinajstić information content (AvgIpc) is 2.09. The highest BCUT2D eigenvalue weighted by Crippen LogP contribution is 2.19. The predicted octanol–water partition coefficient (Wildman–Crippen LogP) is 2.87. The van der Waals surface area contributed by atoms with Gasteiger partial charge in [0.1, 0.15) is 6.10 Å². The van der Waals surface area contributed by atoms with Gasteiger partial charge >= 0.3 is 5.97 Å². The van der Waals surface area contributed by atoms with Crippen molar-refractivity contribution in [1.29, 1.82) is 0 Å². The van der Waals surface area contributed by atoms with Gasteiger partial charge < -0.3 is 4.74 Å². The summed E-state index contributed by atoms with van der Waals surface area (Å²) in [4.78, 5) is 11.0. The molecule has 0 spiro atoms. The highest BCUT2D eigenvalue weighted by molar-refractivity contribution is 5.70. The van der Waals surface area contributed by atoms with E-state index in [1.165, 1.54) is 32.1 Å². The lowest BCUT2D eigenvalue weighted by Gasteiger charge is -2.19. The van der Waals surface area contributed by atoms with E-state index in [2.05, 4.69) is 6.92 Å². The second kappa shape index (κ2) is 6.01. The molecule has 1 aliphatic carbocycles. The first-order valence-electron chi connectivity index (χ1n) is 5.31. The molecule has 1 fully saturated rings.